The fourth-order valence-corrected chi connectivity index (χ4v) is 2.36. The number of nitrogens with one attached hydrogen (secondary N) is 1. The predicted molar refractivity (Wildman–Crippen MR) is 80.3 cm³/mol. The van der Waals surface area contributed by atoms with Crippen LogP contribution in [0.3, 0.4) is 0 Å². The molecule has 1 aromatic heterocycles. The van der Waals surface area contributed by atoms with Crippen molar-refractivity contribution in [1.29, 1.82) is 0 Å². The van der Waals surface area contributed by atoms with Gasteiger partial charge in [-0.2, -0.15) is 0 Å². The van der Waals surface area contributed by atoms with Crippen LogP contribution in [0.15, 0.2) is 42.7 Å². The molecule has 19 heavy (non-hydrogen) atoms. The van der Waals surface area contributed by atoms with Gasteiger partial charge in [0.1, 0.15) is 0 Å². The van der Waals surface area contributed by atoms with E-state index < -0.39 is 0 Å². The van der Waals surface area contributed by atoms with Gasteiger partial charge in [0.05, 0.1) is 0 Å². The lowest BCUT2D eigenvalue weighted by atomic mass is 9.97. The highest BCUT2D eigenvalue weighted by Gasteiger charge is 2.11. The summed E-state index contributed by atoms with van der Waals surface area (Å²) in [5.41, 5.74) is 5.32. The van der Waals surface area contributed by atoms with Crippen molar-refractivity contribution in [3.05, 3.63) is 65.0 Å². The number of rotatable bonds is 5. The predicted octanol–water partition coefficient (Wildman–Crippen LogP) is 3.59. The van der Waals surface area contributed by atoms with E-state index in [1.54, 1.807) is 0 Å². The number of pyridine rings is 1. The Balaban J connectivity index is 2.04. The summed E-state index contributed by atoms with van der Waals surface area (Å²) in [7, 11) is 2.02. The summed E-state index contributed by atoms with van der Waals surface area (Å²) in [6.07, 6.45) is 6.00. The van der Waals surface area contributed by atoms with Crippen molar-refractivity contribution >= 4 is 0 Å². The molecule has 0 bridgehead atoms. The quantitative estimate of drug-likeness (QED) is 0.882. The molecule has 0 radical (unpaired) electrons. The Hall–Kier alpha value is -1.67. The van der Waals surface area contributed by atoms with Crippen molar-refractivity contribution in [2.45, 2.75) is 32.7 Å². The fourth-order valence-electron chi connectivity index (χ4n) is 2.36. The zero-order valence-corrected chi connectivity index (χ0v) is 12.0. The van der Waals surface area contributed by atoms with Crippen LogP contribution in [-0.4, -0.2) is 12.0 Å². The first kappa shape index (κ1) is 13.8. The van der Waals surface area contributed by atoms with Crippen molar-refractivity contribution < 1.29 is 0 Å². The average Bonchev–Trinajstić information content (AvgIpc) is 2.43. The molecule has 1 atom stereocenters. The molecular weight excluding hydrogens is 232 g/mol. The van der Waals surface area contributed by atoms with E-state index in [1.165, 1.54) is 22.3 Å². The van der Waals surface area contributed by atoms with Crippen molar-refractivity contribution in [3.63, 3.8) is 0 Å². The van der Waals surface area contributed by atoms with Gasteiger partial charge in [0.15, 0.2) is 0 Å². The molecule has 0 aliphatic heterocycles. The molecule has 0 spiro atoms. The maximum Gasteiger partial charge on any atom is 0.0338 e. The Morgan fingerprint density at radius 2 is 1.84 bits per heavy atom. The monoisotopic (exact) mass is 254 g/mol. The third-order valence-corrected chi connectivity index (χ3v) is 3.65. The number of nitrogens with zero attached hydrogens (tertiary/aromatic N) is 1. The van der Waals surface area contributed by atoms with Gasteiger partial charge in [-0.25, -0.2) is 0 Å². The lowest BCUT2D eigenvalue weighted by molar-refractivity contribution is 0.545. The second-order valence-corrected chi connectivity index (χ2v) is 5.10. The molecule has 2 nitrogen and oxygen atoms in total. The lowest BCUT2D eigenvalue weighted by Gasteiger charge is -2.18. The van der Waals surface area contributed by atoms with Crippen LogP contribution in [0.25, 0.3) is 0 Å². The van der Waals surface area contributed by atoms with Gasteiger partial charge in [0, 0.05) is 18.4 Å². The third-order valence-electron chi connectivity index (χ3n) is 3.65. The third kappa shape index (κ3) is 3.65. The highest BCUT2D eigenvalue weighted by Crippen LogP contribution is 2.21. The van der Waals surface area contributed by atoms with Gasteiger partial charge in [-0.05, 0) is 56.5 Å². The van der Waals surface area contributed by atoms with Gasteiger partial charge in [-0.1, -0.05) is 29.8 Å². The Kier molecular flexibility index (Phi) is 4.69. The van der Waals surface area contributed by atoms with Crippen molar-refractivity contribution in [3.8, 4) is 0 Å². The molecule has 1 heterocycles. The van der Waals surface area contributed by atoms with E-state index in [0.29, 0.717) is 6.04 Å². The number of benzene rings is 1. The summed E-state index contributed by atoms with van der Waals surface area (Å²) in [6, 6.07) is 11.2. The van der Waals surface area contributed by atoms with E-state index in [2.05, 4.69) is 54.5 Å². The molecule has 100 valence electrons. The normalized spacial score (nSPS) is 12.4. The second-order valence-electron chi connectivity index (χ2n) is 5.10. The maximum absolute atomic E-state index is 4.24. The molecule has 0 aliphatic rings. The Morgan fingerprint density at radius 1 is 1.11 bits per heavy atom. The topological polar surface area (TPSA) is 24.9 Å². The molecule has 0 aliphatic carbocycles. The Bertz CT molecular complexity index is 517. The van der Waals surface area contributed by atoms with E-state index in [-0.39, 0.29) is 0 Å². The SMILES string of the molecule is CNC(CCc1ccc(C)cc1)c1cnccc1C. The average molecular weight is 254 g/mol. The van der Waals surface area contributed by atoms with Gasteiger partial charge >= 0.3 is 0 Å². The first-order valence-corrected chi connectivity index (χ1v) is 6.84. The number of hydrogen-bond acceptors (Lipinski definition) is 2. The summed E-state index contributed by atoms with van der Waals surface area (Å²) in [5.74, 6) is 0. The zero-order chi connectivity index (χ0) is 13.7. The van der Waals surface area contributed by atoms with Crippen LogP contribution in [0, 0.1) is 13.8 Å². The van der Waals surface area contributed by atoms with E-state index in [9.17, 15) is 0 Å². The van der Waals surface area contributed by atoms with E-state index in [1.807, 2.05) is 19.4 Å². The van der Waals surface area contributed by atoms with E-state index in [0.717, 1.165) is 12.8 Å². The summed E-state index contributed by atoms with van der Waals surface area (Å²) < 4.78 is 0. The van der Waals surface area contributed by atoms with E-state index >= 15 is 0 Å². The summed E-state index contributed by atoms with van der Waals surface area (Å²) >= 11 is 0. The van der Waals surface area contributed by atoms with Crippen molar-refractivity contribution in [2.24, 2.45) is 0 Å². The highest BCUT2D eigenvalue weighted by molar-refractivity contribution is 5.26. The van der Waals surface area contributed by atoms with Crippen LogP contribution in [0.4, 0.5) is 0 Å². The number of hydrogen-bond donors (Lipinski definition) is 1. The highest BCUT2D eigenvalue weighted by atomic mass is 14.9. The molecule has 2 rings (SSSR count). The molecule has 0 saturated heterocycles. The first-order chi connectivity index (χ1) is 9.20. The largest absolute Gasteiger partial charge is 0.313 e. The Labute approximate surface area is 115 Å². The van der Waals surface area contributed by atoms with Crippen molar-refractivity contribution in [1.82, 2.24) is 10.3 Å². The fraction of sp³-hybridized carbons (Fsp3) is 0.353. The Morgan fingerprint density at radius 3 is 2.47 bits per heavy atom. The second kappa shape index (κ2) is 6.48. The smallest absolute Gasteiger partial charge is 0.0338 e. The summed E-state index contributed by atoms with van der Waals surface area (Å²) in [4.78, 5) is 4.24. The maximum atomic E-state index is 4.24. The molecular formula is C17H22N2. The number of aromatic nitrogens is 1. The zero-order valence-electron chi connectivity index (χ0n) is 12.0. The molecule has 1 aromatic carbocycles. The van der Waals surface area contributed by atoms with Crippen LogP contribution in [0.2, 0.25) is 0 Å². The molecule has 1 N–H and O–H groups in total. The standard InChI is InChI=1S/C17H22N2/c1-13-4-6-15(7-5-13)8-9-17(18-3)16-12-19-11-10-14(16)2/h4-7,10-12,17-18H,8-9H2,1-3H3. The van der Waals surface area contributed by atoms with Gasteiger partial charge in [0.2, 0.25) is 0 Å². The minimum atomic E-state index is 0.370. The molecule has 2 aromatic rings. The van der Waals surface area contributed by atoms with Crippen LogP contribution in [0.1, 0.15) is 34.7 Å². The van der Waals surface area contributed by atoms with Gasteiger partial charge in [-0.3, -0.25) is 4.98 Å². The lowest BCUT2D eigenvalue weighted by Crippen LogP contribution is -2.18. The van der Waals surface area contributed by atoms with Gasteiger partial charge < -0.3 is 5.32 Å². The van der Waals surface area contributed by atoms with Crippen LogP contribution >= 0.6 is 0 Å². The molecule has 0 amide bonds. The van der Waals surface area contributed by atoms with Crippen LogP contribution in [-0.2, 0) is 6.42 Å². The molecule has 0 saturated carbocycles. The molecule has 0 fully saturated rings. The van der Waals surface area contributed by atoms with E-state index in [4.69, 9.17) is 0 Å². The molecule has 2 heteroatoms. The minimum Gasteiger partial charge on any atom is -0.313 e. The summed E-state index contributed by atoms with van der Waals surface area (Å²) in [6.45, 7) is 4.27. The first-order valence-electron chi connectivity index (χ1n) is 6.84. The van der Waals surface area contributed by atoms with Crippen LogP contribution in [0.5, 0.6) is 0 Å². The molecule has 1 unspecified atom stereocenters. The van der Waals surface area contributed by atoms with Crippen LogP contribution < -0.4 is 5.32 Å². The number of aryl methyl sites for hydroxylation is 3. The van der Waals surface area contributed by atoms with Gasteiger partial charge in [-0.15, -0.1) is 0 Å². The van der Waals surface area contributed by atoms with Gasteiger partial charge in [0.25, 0.3) is 0 Å². The summed E-state index contributed by atoms with van der Waals surface area (Å²) in [5, 5.41) is 3.40. The van der Waals surface area contributed by atoms with Crippen molar-refractivity contribution in [2.75, 3.05) is 7.05 Å². The minimum absolute atomic E-state index is 0.370.